The molecule has 61 heavy (non-hydrogen) atoms. The fourth-order valence-electron chi connectivity index (χ4n) is 10.3. The van der Waals surface area contributed by atoms with Crippen LogP contribution in [0.3, 0.4) is 0 Å². The van der Waals surface area contributed by atoms with Gasteiger partial charge < -0.3 is 4.42 Å². The summed E-state index contributed by atoms with van der Waals surface area (Å²) in [6, 6.07) is 78.3. The molecular formula is C60H42O. The number of benzene rings is 10. The third-order valence-corrected chi connectivity index (χ3v) is 13.4. The molecule has 0 saturated carbocycles. The highest BCUT2D eigenvalue weighted by Gasteiger charge is 2.37. The lowest BCUT2D eigenvalue weighted by molar-refractivity contribution is 0.658. The summed E-state index contributed by atoms with van der Waals surface area (Å²) >= 11 is 0. The Morgan fingerprint density at radius 2 is 0.902 bits per heavy atom. The van der Waals surface area contributed by atoms with Crippen molar-refractivity contribution >= 4 is 43.5 Å². The Kier molecular flexibility index (Phi) is 8.02. The molecule has 0 saturated heterocycles. The Labute approximate surface area is 356 Å². The fourth-order valence-corrected chi connectivity index (χ4v) is 10.3. The summed E-state index contributed by atoms with van der Waals surface area (Å²) in [5.74, 6) is 0.00933. The molecule has 1 aliphatic carbocycles. The molecule has 1 atom stereocenters. The third kappa shape index (κ3) is 5.69. The molecule has 0 fully saturated rings. The summed E-state index contributed by atoms with van der Waals surface area (Å²) in [6.07, 6.45) is 0. The first-order valence-electron chi connectivity index (χ1n) is 21.4. The molecule has 10 aromatic carbocycles. The number of para-hydroxylation sites is 2. The minimum atomic E-state index is -0.218. The molecule has 1 unspecified atom stereocenters. The first-order chi connectivity index (χ1) is 30.0. The SMILES string of the molecule is CC1(C)c2cc(-c3cccc4c3oc3ccccc34)ccc2-c2ccc(C(c3ccc(-c4ccc(-c5ccccc5)cc4)cc3)c3cc4ccccc4c4ccccc34)cc21. The monoisotopic (exact) mass is 778 g/mol. The molecule has 0 spiro atoms. The lowest BCUT2D eigenvalue weighted by Gasteiger charge is -2.26. The van der Waals surface area contributed by atoms with Crippen LogP contribution in [0.1, 0.15) is 47.6 Å². The van der Waals surface area contributed by atoms with Crippen molar-refractivity contribution < 1.29 is 4.42 Å². The van der Waals surface area contributed by atoms with Crippen LogP contribution in [0.5, 0.6) is 0 Å². The molecule has 0 amide bonds. The van der Waals surface area contributed by atoms with E-state index in [-0.39, 0.29) is 11.3 Å². The van der Waals surface area contributed by atoms with Crippen molar-refractivity contribution in [1.82, 2.24) is 0 Å². The van der Waals surface area contributed by atoms with Gasteiger partial charge in [0.15, 0.2) is 0 Å². The summed E-state index contributed by atoms with van der Waals surface area (Å²) in [4.78, 5) is 0. The van der Waals surface area contributed by atoms with Crippen LogP contribution in [0, 0.1) is 0 Å². The number of hydrogen-bond donors (Lipinski definition) is 0. The normalized spacial score (nSPS) is 13.5. The van der Waals surface area contributed by atoms with Crippen molar-refractivity contribution in [3.63, 3.8) is 0 Å². The van der Waals surface area contributed by atoms with E-state index in [0.29, 0.717) is 0 Å². The highest BCUT2D eigenvalue weighted by Crippen LogP contribution is 2.52. The highest BCUT2D eigenvalue weighted by atomic mass is 16.3. The zero-order valence-electron chi connectivity index (χ0n) is 34.2. The second-order valence-corrected chi connectivity index (χ2v) is 17.2. The Morgan fingerprint density at radius 1 is 0.361 bits per heavy atom. The van der Waals surface area contributed by atoms with Crippen LogP contribution in [-0.2, 0) is 5.41 Å². The van der Waals surface area contributed by atoms with Gasteiger partial charge in [0.05, 0.1) is 0 Å². The largest absolute Gasteiger partial charge is 0.455 e. The van der Waals surface area contributed by atoms with Crippen molar-refractivity contribution in [2.75, 3.05) is 0 Å². The van der Waals surface area contributed by atoms with Crippen LogP contribution < -0.4 is 0 Å². The van der Waals surface area contributed by atoms with Gasteiger partial charge in [-0.3, -0.25) is 0 Å². The standard InChI is InChI=1S/C60H42O/c1-60(2)55-36-44(47-20-12-21-53-52-19-10-11-22-57(52)61-59(47)53)31-33-50(55)51-34-32-45(37-56(51)60)58(54-35-43-15-6-7-16-46(43)48-17-8-9-18-49(48)54)42-29-27-41(28-30-42)40-25-23-39(24-26-40)38-13-4-3-5-14-38/h3-37,58H,1-2H3. The van der Waals surface area contributed by atoms with E-state index >= 15 is 0 Å². The summed E-state index contributed by atoms with van der Waals surface area (Å²) in [7, 11) is 0. The molecule has 11 aromatic rings. The number of furan rings is 1. The number of rotatable bonds is 6. The van der Waals surface area contributed by atoms with E-state index in [4.69, 9.17) is 4.42 Å². The summed E-state index contributed by atoms with van der Waals surface area (Å²) in [6.45, 7) is 4.79. The Balaban J connectivity index is 0.980. The van der Waals surface area contributed by atoms with E-state index in [0.717, 1.165) is 27.5 Å². The average Bonchev–Trinajstić information content (AvgIpc) is 3.81. The quantitative estimate of drug-likeness (QED) is 0.121. The van der Waals surface area contributed by atoms with Crippen molar-refractivity contribution in [2.45, 2.75) is 25.2 Å². The fraction of sp³-hybridized carbons (Fsp3) is 0.0667. The summed E-state index contributed by atoms with van der Waals surface area (Å²) in [5, 5.41) is 7.44. The van der Waals surface area contributed by atoms with E-state index in [2.05, 4.69) is 220 Å². The molecule has 0 radical (unpaired) electrons. The van der Waals surface area contributed by atoms with Crippen LogP contribution in [0.25, 0.3) is 88.0 Å². The minimum Gasteiger partial charge on any atom is -0.455 e. The van der Waals surface area contributed by atoms with Crippen molar-refractivity contribution in [3.8, 4) is 44.5 Å². The molecule has 1 nitrogen and oxygen atoms in total. The van der Waals surface area contributed by atoms with E-state index in [9.17, 15) is 0 Å². The molecule has 1 aliphatic rings. The topological polar surface area (TPSA) is 13.1 Å². The predicted molar refractivity (Wildman–Crippen MR) is 256 cm³/mol. The summed E-state index contributed by atoms with van der Waals surface area (Å²) < 4.78 is 6.51. The first kappa shape index (κ1) is 35.5. The number of fused-ring (bicyclic) bond motifs is 9. The van der Waals surface area contributed by atoms with Crippen molar-refractivity contribution in [3.05, 3.63) is 240 Å². The molecule has 1 aromatic heterocycles. The van der Waals surface area contributed by atoms with Gasteiger partial charge in [-0.25, -0.2) is 0 Å². The Morgan fingerprint density at radius 3 is 1.66 bits per heavy atom. The van der Waals surface area contributed by atoms with E-state index < -0.39 is 0 Å². The van der Waals surface area contributed by atoms with Crippen LogP contribution >= 0.6 is 0 Å². The highest BCUT2D eigenvalue weighted by molar-refractivity contribution is 6.10. The van der Waals surface area contributed by atoms with Gasteiger partial charge in [0, 0.05) is 27.7 Å². The molecule has 1 heterocycles. The van der Waals surface area contributed by atoms with Crippen LogP contribution in [0.2, 0.25) is 0 Å². The van der Waals surface area contributed by atoms with Gasteiger partial charge in [0.2, 0.25) is 0 Å². The summed E-state index contributed by atoms with van der Waals surface area (Å²) in [5.41, 5.74) is 18.1. The second kappa shape index (κ2) is 13.8. The predicted octanol–water partition coefficient (Wildman–Crippen LogP) is 16.4. The van der Waals surface area contributed by atoms with Gasteiger partial charge in [0.25, 0.3) is 0 Å². The lowest BCUT2D eigenvalue weighted by Crippen LogP contribution is -2.16. The van der Waals surface area contributed by atoms with Gasteiger partial charge >= 0.3 is 0 Å². The van der Waals surface area contributed by atoms with Gasteiger partial charge in [-0.15, -0.1) is 0 Å². The lowest BCUT2D eigenvalue weighted by atomic mass is 9.77. The third-order valence-electron chi connectivity index (χ3n) is 13.4. The number of hydrogen-bond acceptors (Lipinski definition) is 1. The van der Waals surface area contributed by atoms with Gasteiger partial charge in [0.1, 0.15) is 11.2 Å². The average molecular weight is 779 g/mol. The molecule has 12 rings (SSSR count). The van der Waals surface area contributed by atoms with Crippen LogP contribution in [0.15, 0.2) is 217 Å². The molecule has 0 N–H and O–H groups in total. The molecule has 288 valence electrons. The molecular weight excluding hydrogens is 737 g/mol. The molecule has 0 bridgehead atoms. The Bertz CT molecular complexity index is 3480. The van der Waals surface area contributed by atoms with Gasteiger partial charge in [-0.2, -0.15) is 0 Å². The van der Waals surface area contributed by atoms with E-state index in [1.165, 1.54) is 88.3 Å². The van der Waals surface area contributed by atoms with E-state index in [1.807, 2.05) is 6.07 Å². The molecule has 1 heteroatoms. The smallest absolute Gasteiger partial charge is 0.143 e. The van der Waals surface area contributed by atoms with Crippen molar-refractivity contribution in [2.24, 2.45) is 0 Å². The van der Waals surface area contributed by atoms with Crippen molar-refractivity contribution in [1.29, 1.82) is 0 Å². The van der Waals surface area contributed by atoms with Gasteiger partial charge in [-0.1, -0.05) is 208 Å². The second-order valence-electron chi connectivity index (χ2n) is 17.2. The first-order valence-corrected chi connectivity index (χ1v) is 21.4. The van der Waals surface area contributed by atoms with Gasteiger partial charge in [-0.05, 0) is 107 Å². The Hall–Kier alpha value is -7.48. The zero-order chi connectivity index (χ0) is 40.7. The van der Waals surface area contributed by atoms with Crippen LogP contribution in [-0.4, -0.2) is 0 Å². The molecule has 0 aliphatic heterocycles. The van der Waals surface area contributed by atoms with Crippen LogP contribution in [0.4, 0.5) is 0 Å². The maximum absolute atomic E-state index is 6.51. The van der Waals surface area contributed by atoms with E-state index in [1.54, 1.807) is 0 Å². The minimum absolute atomic E-state index is 0.00933. The maximum Gasteiger partial charge on any atom is 0.143 e. The maximum atomic E-state index is 6.51. The zero-order valence-corrected chi connectivity index (χ0v) is 34.2.